The predicted octanol–water partition coefficient (Wildman–Crippen LogP) is 2.28. The molecule has 19 heavy (non-hydrogen) atoms. The SMILES string of the molecule is Oc1nc(NCc2cccc(I)c2)nc2[nH]cnc12. The van der Waals surface area contributed by atoms with Crippen LogP contribution in [0.5, 0.6) is 5.88 Å². The highest BCUT2D eigenvalue weighted by atomic mass is 127. The van der Waals surface area contributed by atoms with Gasteiger partial charge in [-0.2, -0.15) is 9.97 Å². The Bertz CT molecular complexity index is 727. The highest BCUT2D eigenvalue weighted by Gasteiger charge is 2.08. The van der Waals surface area contributed by atoms with Gasteiger partial charge < -0.3 is 15.4 Å². The molecule has 96 valence electrons. The second kappa shape index (κ2) is 5.00. The standard InChI is InChI=1S/C12H10IN5O/c13-8-3-1-2-7(4-8)5-14-12-17-10-9(11(19)18-12)15-6-16-10/h1-4,6H,5H2,(H3,14,15,16,17,18,19). The largest absolute Gasteiger partial charge is 0.492 e. The van der Waals surface area contributed by atoms with Crippen LogP contribution in [0, 0.1) is 3.57 Å². The van der Waals surface area contributed by atoms with E-state index in [0.717, 1.165) is 5.56 Å². The molecule has 3 rings (SSSR count). The lowest BCUT2D eigenvalue weighted by Crippen LogP contribution is -2.04. The molecule has 2 heterocycles. The van der Waals surface area contributed by atoms with Crippen LogP contribution in [-0.2, 0) is 6.54 Å². The fraction of sp³-hybridized carbons (Fsp3) is 0.0833. The summed E-state index contributed by atoms with van der Waals surface area (Å²) < 4.78 is 1.17. The molecule has 7 heteroatoms. The van der Waals surface area contributed by atoms with Crippen molar-refractivity contribution in [2.45, 2.75) is 6.54 Å². The highest BCUT2D eigenvalue weighted by molar-refractivity contribution is 14.1. The van der Waals surface area contributed by atoms with E-state index >= 15 is 0 Å². The van der Waals surface area contributed by atoms with E-state index in [2.05, 4.69) is 53.9 Å². The summed E-state index contributed by atoms with van der Waals surface area (Å²) in [5.74, 6) is 0.240. The van der Waals surface area contributed by atoms with Gasteiger partial charge in [-0.25, -0.2) is 4.98 Å². The molecule has 0 aliphatic heterocycles. The normalized spacial score (nSPS) is 10.8. The first-order valence-electron chi connectivity index (χ1n) is 5.61. The lowest BCUT2D eigenvalue weighted by molar-refractivity contribution is 0.459. The molecular formula is C12H10IN5O. The summed E-state index contributed by atoms with van der Waals surface area (Å²) in [6.07, 6.45) is 1.47. The van der Waals surface area contributed by atoms with E-state index in [9.17, 15) is 5.11 Å². The molecule has 0 saturated heterocycles. The monoisotopic (exact) mass is 367 g/mol. The molecule has 0 bridgehead atoms. The fourth-order valence-corrected chi connectivity index (χ4v) is 2.34. The Balaban J connectivity index is 1.81. The Morgan fingerprint density at radius 3 is 3.05 bits per heavy atom. The van der Waals surface area contributed by atoms with E-state index in [1.54, 1.807) is 0 Å². The van der Waals surface area contributed by atoms with E-state index in [-0.39, 0.29) is 5.88 Å². The smallest absolute Gasteiger partial charge is 0.244 e. The molecule has 0 atom stereocenters. The molecule has 1 aromatic carbocycles. The third kappa shape index (κ3) is 2.60. The van der Waals surface area contributed by atoms with Crippen molar-refractivity contribution in [1.29, 1.82) is 0 Å². The second-order valence-electron chi connectivity index (χ2n) is 3.95. The first-order chi connectivity index (χ1) is 9.22. The third-order valence-corrected chi connectivity index (χ3v) is 3.27. The molecule has 3 aromatic rings. The average Bonchev–Trinajstić information content (AvgIpc) is 2.85. The molecule has 2 aromatic heterocycles. The molecular weight excluding hydrogens is 357 g/mol. The van der Waals surface area contributed by atoms with Gasteiger partial charge in [-0.05, 0) is 40.3 Å². The number of halogens is 1. The molecule has 0 aliphatic rings. The van der Waals surface area contributed by atoms with Crippen molar-refractivity contribution in [1.82, 2.24) is 19.9 Å². The van der Waals surface area contributed by atoms with Gasteiger partial charge in [-0.1, -0.05) is 12.1 Å². The maximum absolute atomic E-state index is 9.71. The van der Waals surface area contributed by atoms with Crippen LogP contribution in [-0.4, -0.2) is 25.0 Å². The Labute approximate surface area is 122 Å². The predicted molar refractivity (Wildman–Crippen MR) is 79.8 cm³/mol. The molecule has 0 amide bonds. The number of benzene rings is 1. The average molecular weight is 367 g/mol. The number of aromatic hydroxyl groups is 1. The number of fused-ring (bicyclic) bond motifs is 1. The van der Waals surface area contributed by atoms with Crippen molar-refractivity contribution in [2.24, 2.45) is 0 Å². The molecule has 0 unspecified atom stereocenters. The van der Waals surface area contributed by atoms with Crippen molar-refractivity contribution in [2.75, 3.05) is 5.32 Å². The number of nitrogens with one attached hydrogen (secondary N) is 2. The first-order valence-corrected chi connectivity index (χ1v) is 6.68. The van der Waals surface area contributed by atoms with Crippen molar-refractivity contribution >= 4 is 39.7 Å². The van der Waals surface area contributed by atoms with Crippen LogP contribution < -0.4 is 5.32 Å². The number of rotatable bonds is 3. The number of hydrogen-bond acceptors (Lipinski definition) is 5. The minimum absolute atomic E-state index is 0.128. The maximum Gasteiger partial charge on any atom is 0.244 e. The second-order valence-corrected chi connectivity index (χ2v) is 5.20. The summed E-state index contributed by atoms with van der Waals surface area (Å²) in [5.41, 5.74) is 2.01. The van der Waals surface area contributed by atoms with Crippen molar-refractivity contribution < 1.29 is 5.11 Å². The number of H-pyrrole nitrogens is 1. The summed E-state index contributed by atoms with van der Waals surface area (Å²) in [6, 6.07) is 8.12. The minimum Gasteiger partial charge on any atom is -0.492 e. The van der Waals surface area contributed by atoms with Gasteiger partial charge in [0.2, 0.25) is 11.8 Å². The van der Waals surface area contributed by atoms with Gasteiger partial charge in [-0.15, -0.1) is 0 Å². The van der Waals surface area contributed by atoms with Crippen LogP contribution in [0.25, 0.3) is 11.2 Å². The van der Waals surface area contributed by atoms with E-state index in [1.807, 2.05) is 18.2 Å². The highest BCUT2D eigenvalue weighted by Crippen LogP contribution is 2.19. The van der Waals surface area contributed by atoms with Crippen molar-refractivity contribution in [3.63, 3.8) is 0 Å². The number of aromatic amines is 1. The topological polar surface area (TPSA) is 86.7 Å². The van der Waals surface area contributed by atoms with E-state index in [4.69, 9.17) is 0 Å². The van der Waals surface area contributed by atoms with Crippen molar-refractivity contribution in [3.05, 3.63) is 39.7 Å². The van der Waals surface area contributed by atoms with Crippen LogP contribution in [0.15, 0.2) is 30.6 Å². The summed E-state index contributed by atoms with van der Waals surface area (Å²) in [4.78, 5) is 15.0. The summed E-state index contributed by atoms with van der Waals surface area (Å²) in [5, 5.41) is 12.8. The zero-order valence-corrected chi connectivity index (χ0v) is 11.9. The van der Waals surface area contributed by atoms with Gasteiger partial charge in [0.15, 0.2) is 11.2 Å². The minimum atomic E-state index is -0.128. The molecule has 6 nitrogen and oxygen atoms in total. The fourth-order valence-electron chi connectivity index (χ4n) is 1.73. The van der Waals surface area contributed by atoms with Crippen LogP contribution in [0.1, 0.15) is 5.56 Å². The van der Waals surface area contributed by atoms with Gasteiger partial charge in [0, 0.05) is 10.1 Å². The number of aromatic nitrogens is 4. The zero-order chi connectivity index (χ0) is 13.2. The van der Waals surface area contributed by atoms with Gasteiger partial charge >= 0.3 is 0 Å². The molecule has 0 aliphatic carbocycles. The molecule has 0 fully saturated rings. The van der Waals surface area contributed by atoms with E-state index < -0.39 is 0 Å². The van der Waals surface area contributed by atoms with E-state index in [0.29, 0.717) is 23.7 Å². The molecule has 0 radical (unpaired) electrons. The van der Waals surface area contributed by atoms with Crippen LogP contribution in [0.3, 0.4) is 0 Å². The van der Waals surface area contributed by atoms with E-state index in [1.165, 1.54) is 9.90 Å². The Morgan fingerprint density at radius 2 is 2.21 bits per heavy atom. The molecule has 0 saturated carbocycles. The number of imidazole rings is 1. The van der Waals surface area contributed by atoms with Gasteiger partial charge in [0.25, 0.3) is 0 Å². The number of nitrogens with zero attached hydrogens (tertiary/aromatic N) is 3. The zero-order valence-electron chi connectivity index (χ0n) is 9.76. The molecule has 3 N–H and O–H groups in total. The Kier molecular flexibility index (Phi) is 3.20. The van der Waals surface area contributed by atoms with Gasteiger partial charge in [0.05, 0.1) is 6.33 Å². The summed E-state index contributed by atoms with van der Waals surface area (Å²) >= 11 is 2.26. The lowest BCUT2D eigenvalue weighted by Gasteiger charge is -2.05. The van der Waals surface area contributed by atoms with Crippen LogP contribution in [0.4, 0.5) is 5.95 Å². The lowest BCUT2D eigenvalue weighted by atomic mass is 10.2. The first kappa shape index (κ1) is 12.2. The summed E-state index contributed by atoms with van der Waals surface area (Å²) in [6.45, 7) is 0.593. The van der Waals surface area contributed by atoms with Crippen molar-refractivity contribution in [3.8, 4) is 5.88 Å². The molecule has 0 spiro atoms. The van der Waals surface area contributed by atoms with Gasteiger partial charge in [-0.3, -0.25) is 0 Å². The van der Waals surface area contributed by atoms with Crippen LogP contribution in [0.2, 0.25) is 0 Å². The third-order valence-electron chi connectivity index (χ3n) is 2.60. The number of anilines is 1. The maximum atomic E-state index is 9.71. The Morgan fingerprint density at radius 1 is 1.32 bits per heavy atom. The van der Waals surface area contributed by atoms with Gasteiger partial charge in [0.1, 0.15) is 0 Å². The Hall–Kier alpha value is -1.90. The van der Waals surface area contributed by atoms with Crippen LogP contribution >= 0.6 is 22.6 Å². The number of hydrogen-bond donors (Lipinski definition) is 3. The summed E-state index contributed by atoms with van der Waals surface area (Å²) in [7, 11) is 0. The quantitative estimate of drug-likeness (QED) is 0.619.